The highest BCUT2D eigenvalue weighted by molar-refractivity contribution is 9.10. The second kappa shape index (κ2) is 8.95. The average molecular weight is 491 g/mol. The summed E-state index contributed by atoms with van der Waals surface area (Å²) in [4.78, 5) is 26.5. The van der Waals surface area contributed by atoms with Crippen molar-refractivity contribution in [1.29, 1.82) is 0 Å². The number of halogens is 1. The molecule has 3 rings (SSSR count). The van der Waals surface area contributed by atoms with Crippen molar-refractivity contribution < 1.29 is 22.7 Å². The Kier molecular flexibility index (Phi) is 6.55. The van der Waals surface area contributed by atoms with Crippen LogP contribution in [-0.2, 0) is 19.6 Å². The van der Waals surface area contributed by atoms with Gasteiger partial charge in [0.1, 0.15) is 0 Å². The Morgan fingerprint density at radius 2 is 1.77 bits per heavy atom. The summed E-state index contributed by atoms with van der Waals surface area (Å²) in [7, 11) is -3.98. The van der Waals surface area contributed by atoms with Crippen LogP contribution in [0.2, 0.25) is 0 Å². The van der Waals surface area contributed by atoms with E-state index in [0.717, 1.165) is 16.8 Å². The molecule has 1 amide bonds. The van der Waals surface area contributed by atoms with Crippen molar-refractivity contribution in [2.24, 2.45) is 5.14 Å². The van der Waals surface area contributed by atoms with Crippen molar-refractivity contribution in [3.8, 4) is 0 Å². The zero-order valence-electron chi connectivity index (χ0n) is 16.0. The van der Waals surface area contributed by atoms with Crippen LogP contribution in [0.25, 0.3) is 10.8 Å². The summed E-state index contributed by atoms with van der Waals surface area (Å²) in [5.74, 6) is -1.24. The molecule has 9 heteroatoms. The number of nitrogens with zero attached hydrogens (tertiary/aromatic N) is 1. The van der Waals surface area contributed by atoms with Gasteiger partial charge in [-0.15, -0.1) is 0 Å². The van der Waals surface area contributed by atoms with E-state index in [1.54, 1.807) is 0 Å². The number of hydrogen-bond donors (Lipinski definition) is 1. The van der Waals surface area contributed by atoms with Crippen molar-refractivity contribution in [2.45, 2.75) is 11.8 Å². The molecule has 0 aliphatic carbocycles. The predicted molar refractivity (Wildman–Crippen MR) is 118 cm³/mol. The van der Waals surface area contributed by atoms with Crippen molar-refractivity contribution in [2.75, 3.05) is 18.1 Å². The minimum Gasteiger partial charge on any atom is -0.452 e. The molecular weight excluding hydrogens is 472 g/mol. The highest BCUT2D eigenvalue weighted by atomic mass is 79.9. The normalized spacial score (nSPS) is 11.3. The number of likely N-dealkylation sites (N-methyl/N-ethyl adjacent to an activating group) is 1. The first-order valence-electron chi connectivity index (χ1n) is 9.00. The molecule has 156 valence electrons. The Bertz CT molecular complexity index is 1220. The van der Waals surface area contributed by atoms with Crippen LogP contribution in [0.5, 0.6) is 0 Å². The number of hydrogen-bond acceptors (Lipinski definition) is 5. The number of primary sulfonamides is 1. The van der Waals surface area contributed by atoms with Gasteiger partial charge in [0.2, 0.25) is 10.0 Å². The maximum Gasteiger partial charge on any atom is 0.339 e. The first-order chi connectivity index (χ1) is 14.2. The van der Waals surface area contributed by atoms with Gasteiger partial charge in [0.25, 0.3) is 5.91 Å². The third-order valence-electron chi connectivity index (χ3n) is 4.49. The molecule has 30 heavy (non-hydrogen) atoms. The fraction of sp³-hybridized carbons (Fsp3) is 0.143. The molecule has 0 saturated carbocycles. The Balaban J connectivity index is 1.80. The second-order valence-corrected chi connectivity index (χ2v) is 8.81. The third kappa shape index (κ3) is 4.69. The van der Waals surface area contributed by atoms with Crippen LogP contribution in [-0.4, -0.2) is 33.4 Å². The first kappa shape index (κ1) is 21.9. The molecule has 0 saturated heterocycles. The molecule has 7 nitrogen and oxygen atoms in total. The quantitative estimate of drug-likeness (QED) is 0.532. The van der Waals surface area contributed by atoms with Gasteiger partial charge in [-0.25, -0.2) is 18.4 Å². The Morgan fingerprint density at radius 1 is 1.07 bits per heavy atom. The number of carbonyl (C=O) groups is 2. The largest absolute Gasteiger partial charge is 0.452 e. The van der Waals surface area contributed by atoms with E-state index in [1.807, 2.05) is 49.4 Å². The standard InChI is InChI=1S/C21H19BrN2O5S/c1-2-24(19-9-5-7-14-6-3-4-8-16(14)19)20(25)13-29-21(26)17-12-15(30(23,27)28)10-11-18(17)22/h3-12H,2,13H2,1H3,(H2,23,27,28). The number of nitrogens with two attached hydrogens (primary N) is 1. The second-order valence-electron chi connectivity index (χ2n) is 6.40. The minimum atomic E-state index is -3.98. The maximum absolute atomic E-state index is 12.8. The van der Waals surface area contributed by atoms with E-state index in [1.165, 1.54) is 17.0 Å². The Labute approximate surface area is 182 Å². The van der Waals surface area contributed by atoms with Crippen molar-refractivity contribution in [1.82, 2.24) is 0 Å². The van der Waals surface area contributed by atoms with E-state index in [2.05, 4.69) is 15.9 Å². The molecule has 3 aromatic carbocycles. The van der Waals surface area contributed by atoms with Crippen molar-refractivity contribution in [3.63, 3.8) is 0 Å². The van der Waals surface area contributed by atoms with Gasteiger partial charge in [0.15, 0.2) is 6.61 Å². The number of carbonyl (C=O) groups excluding carboxylic acids is 2. The van der Waals surface area contributed by atoms with Gasteiger partial charge >= 0.3 is 5.97 Å². The molecule has 0 atom stereocenters. The smallest absolute Gasteiger partial charge is 0.339 e. The number of benzene rings is 3. The van der Waals surface area contributed by atoms with Gasteiger partial charge < -0.3 is 9.64 Å². The number of esters is 1. The Hall–Kier alpha value is -2.75. The van der Waals surface area contributed by atoms with E-state index in [-0.39, 0.29) is 10.5 Å². The van der Waals surface area contributed by atoms with Crippen LogP contribution in [0.15, 0.2) is 70.0 Å². The zero-order valence-corrected chi connectivity index (χ0v) is 18.4. The molecule has 2 N–H and O–H groups in total. The van der Waals surface area contributed by atoms with Crippen LogP contribution in [0.4, 0.5) is 5.69 Å². The lowest BCUT2D eigenvalue weighted by Crippen LogP contribution is -2.34. The van der Waals surface area contributed by atoms with Crippen LogP contribution in [0.1, 0.15) is 17.3 Å². The molecule has 0 radical (unpaired) electrons. The minimum absolute atomic E-state index is 0.0393. The number of fused-ring (bicyclic) bond motifs is 1. The highest BCUT2D eigenvalue weighted by Gasteiger charge is 2.21. The van der Waals surface area contributed by atoms with E-state index in [0.29, 0.717) is 16.7 Å². The van der Waals surface area contributed by atoms with Crippen molar-refractivity contribution >= 4 is 54.3 Å². The number of anilines is 1. The summed E-state index contributed by atoms with van der Waals surface area (Å²) in [6, 6.07) is 17.1. The predicted octanol–water partition coefficient (Wildman–Crippen LogP) is 3.46. The number of sulfonamides is 1. The molecule has 0 aliphatic rings. The summed E-state index contributed by atoms with van der Waals surface area (Å²) in [5, 5.41) is 7.01. The van der Waals surface area contributed by atoms with Gasteiger partial charge in [0.05, 0.1) is 16.1 Å². The molecule has 0 fully saturated rings. The maximum atomic E-state index is 12.8. The molecule has 0 aliphatic heterocycles. The average Bonchev–Trinajstić information content (AvgIpc) is 2.72. The molecule has 0 spiro atoms. The summed E-state index contributed by atoms with van der Waals surface area (Å²) in [5.41, 5.74) is 0.677. The van der Waals surface area contributed by atoms with Crippen LogP contribution in [0.3, 0.4) is 0 Å². The molecule has 0 unspecified atom stereocenters. The fourth-order valence-corrected chi connectivity index (χ4v) is 3.99. The van der Waals surface area contributed by atoms with E-state index < -0.39 is 28.5 Å². The summed E-state index contributed by atoms with van der Waals surface area (Å²) in [6.45, 7) is 1.71. The molecule has 0 bridgehead atoms. The SMILES string of the molecule is CCN(C(=O)COC(=O)c1cc(S(N)(=O)=O)ccc1Br)c1cccc2ccccc12. The zero-order chi connectivity index (χ0) is 21.9. The van der Waals surface area contributed by atoms with Crippen LogP contribution >= 0.6 is 15.9 Å². The molecule has 0 heterocycles. The van der Waals surface area contributed by atoms with Gasteiger partial charge in [-0.05, 0) is 52.5 Å². The lowest BCUT2D eigenvalue weighted by molar-refractivity contribution is -0.121. The van der Waals surface area contributed by atoms with E-state index in [9.17, 15) is 18.0 Å². The van der Waals surface area contributed by atoms with Crippen LogP contribution < -0.4 is 10.0 Å². The monoisotopic (exact) mass is 490 g/mol. The molecular formula is C21H19BrN2O5S. The van der Waals surface area contributed by atoms with Crippen LogP contribution in [0, 0.1) is 0 Å². The van der Waals surface area contributed by atoms with Gasteiger partial charge in [0, 0.05) is 16.4 Å². The number of amides is 1. The lowest BCUT2D eigenvalue weighted by Gasteiger charge is -2.22. The topological polar surface area (TPSA) is 107 Å². The lowest BCUT2D eigenvalue weighted by atomic mass is 10.1. The third-order valence-corrected chi connectivity index (χ3v) is 6.09. The summed E-state index contributed by atoms with van der Waals surface area (Å²) < 4.78 is 28.5. The fourth-order valence-electron chi connectivity index (χ4n) is 3.05. The molecule has 0 aromatic heterocycles. The van der Waals surface area contributed by atoms with E-state index in [4.69, 9.17) is 9.88 Å². The summed E-state index contributed by atoms with van der Waals surface area (Å²) >= 11 is 3.18. The van der Waals surface area contributed by atoms with E-state index >= 15 is 0 Å². The van der Waals surface area contributed by atoms with Gasteiger partial charge in [-0.2, -0.15) is 0 Å². The molecule has 3 aromatic rings. The van der Waals surface area contributed by atoms with Gasteiger partial charge in [-0.3, -0.25) is 4.79 Å². The first-order valence-corrected chi connectivity index (χ1v) is 11.3. The van der Waals surface area contributed by atoms with Crippen molar-refractivity contribution in [3.05, 3.63) is 70.7 Å². The Morgan fingerprint density at radius 3 is 2.47 bits per heavy atom. The number of ether oxygens (including phenoxy) is 1. The van der Waals surface area contributed by atoms with Gasteiger partial charge in [-0.1, -0.05) is 36.4 Å². The number of rotatable bonds is 6. The summed E-state index contributed by atoms with van der Waals surface area (Å²) in [6.07, 6.45) is 0. The highest BCUT2D eigenvalue weighted by Crippen LogP contribution is 2.27.